The molecule has 5 rings (SSSR count). The first kappa shape index (κ1) is 27.0. The lowest BCUT2D eigenvalue weighted by molar-refractivity contribution is -0.119. The highest BCUT2D eigenvalue weighted by atomic mass is 32.1. The predicted molar refractivity (Wildman–Crippen MR) is 155 cm³/mol. The van der Waals surface area contributed by atoms with Gasteiger partial charge in [0.2, 0.25) is 5.91 Å². The smallest absolute Gasteiger partial charge is 0.337 e. The Bertz CT molecular complexity index is 1550. The molecule has 4 aromatic rings. The number of furan rings is 1. The maximum Gasteiger partial charge on any atom is 0.337 e. The minimum absolute atomic E-state index is 0.0293. The number of esters is 1. The monoisotopic (exact) mass is 556 g/mol. The Morgan fingerprint density at radius 3 is 2.65 bits per heavy atom. The molecule has 10 heteroatoms. The summed E-state index contributed by atoms with van der Waals surface area (Å²) in [4.78, 5) is 30.7. The molecule has 2 aromatic carbocycles. The third-order valence-electron chi connectivity index (χ3n) is 6.62. The summed E-state index contributed by atoms with van der Waals surface area (Å²) in [6.45, 7) is 1.89. The van der Waals surface area contributed by atoms with Crippen LogP contribution in [0.25, 0.3) is 11.3 Å². The van der Waals surface area contributed by atoms with Gasteiger partial charge in [0, 0.05) is 30.2 Å². The van der Waals surface area contributed by atoms with E-state index in [0.29, 0.717) is 27.9 Å². The van der Waals surface area contributed by atoms with Gasteiger partial charge in [-0.3, -0.25) is 9.78 Å². The molecule has 1 saturated heterocycles. The van der Waals surface area contributed by atoms with Gasteiger partial charge in [0.05, 0.1) is 24.4 Å². The summed E-state index contributed by atoms with van der Waals surface area (Å²) in [6, 6.07) is 21.7. The van der Waals surface area contributed by atoms with Gasteiger partial charge in [-0.2, -0.15) is 0 Å². The van der Waals surface area contributed by atoms with Gasteiger partial charge in [-0.15, -0.1) is 0 Å². The van der Waals surface area contributed by atoms with Crippen molar-refractivity contribution in [1.82, 2.24) is 10.3 Å². The zero-order valence-electron chi connectivity index (χ0n) is 22.2. The van der Waals surface area contributed by atoms with Crippen LogP contribution < -0.4 is 15.5 Å². The normalized spacial score (nSPS) is 16.5. The fourth-order valence-corrected chi connectivity index (χ4v) is 5.11. The van der Waals surface area contributed by atoms with Crippen LogP contribution in [0.1, 0.15) is 39.5 Å². The lowest BCUT2D eigenvalue weighted by Crippen LogP contribution is -2.29. The summed E-state index contributed by atoms with van der Waals surface area (Å²) < 4.78 is 16.2. The molecule has 9 nitrogen and oxygen atoms in total. The van der Waals surface area contributed by atoms with Crippen LogP contribution in [0.5, 0.6) is 0 Å². The van der Waals surface area contributed by atoms with Crippen LogP contribution in [0.15, 0.2) is 83.4 Å². The summed E-state index contributed by atoms with van der Waals surface area (Å²) in [6.07, 6.45) is 1.74. The highest BCUT2D eigenvalue weighted by Gasteiger charge is 2.42. The molecule has 0 bridgehead atoms. The predicted octanol–water partition coefficient (Wildman–Crippen LogP) is 5.20. The molecule has 1 amide bonds. The van der Waals surface area contributed by atoms with Crippen LogP contribution >= 0.6 is 12.2 Å². The van der Waals surface area contributed by atoms with E-state index in [1.165, 1.54) is 14.2 Å². The Kier molecular flexibility index (Phi) is 7.90. The van der Waals surface area contributed by atoms with Crippen molar-refractivity contribution in [2.45, 2.75) is 19.0 Å². The molecule has 0 saturated carbocycles. The Morgan fingerprint density at radius 1 is 1.07 bits per heavy atom. The summed E-state index contributed by atoms with van der Waals surface area (Å²) in [5, 5.41) is 6.80. The number of ether oxygens (including phenoxy) is 2. The minimum Gasteiger partial charge on any atom is -0.465 e. The first-order chi connectivity index (χ1) is 19.4. The summed E-state index contributed by atoms with van der Waals surface area (Å²) in [5.41, 5.74) is 4.37. The Balaban J connectivity index is 1.53. The maximum absolute atomic E-state index is 12.1. The summed E-state index contributed by atoms with van der Waals surface area (Å²) in [7, 11) is 2.83. The Labute approximate surface area is 237 Å². The number of pyridine rings is 1. The van der Waals surface area contributed by atoms with E-state index in [1.807, 2.05) is 66.4 Å². The van der Waals surface area contributed by atoms with Crippen molar-refractivity contribution < 1.29 is 23.5 Å². The van der Waals surface area contributed by atoms with Gasteiger partial charge in [-0.1, -0.05) is 18.2 Å². The standard InChI is InChI=1S/C30H28N4O5S/c1-18-15-21(10-11-22(18)32-26(35)17-37-2)34-28(27(33-30(34)40)23-9-4-5-14-31-23)25-13-12-24(39-25)19-7-6-8-20(16-19)29(36)38-3/h4-16,27-28H,17H2,1-3H3,(H,32,35)(H,33,40)/t27-,28-/m1/s1. The molecule has 0 radical (unpaired) electrons. The number of anilines is 2. The fraction of sp³-hybridized carbons (Fsp3) is 0.200. The van der Waals surface area contributed by atoms with Crippen molar-refractivity contribution in [3.05, 3.63) is 102 Å². The van der Waals surface area contributed by atoms with Crippen LogP contribution in [0.4, 0.5) is 11.4 Å². The number of rotatable bonds is 8. The van der Waals surface area contributed by atoms with Crippen LogP contribution in [-0.4, -0.2) is 42.8 Å². The molecule has 3 heterocycles. The third kappa shape index (κ3) is 5.45. The number of thiocarbonyl (C=S) groups is 1. The molecular weight excluding hydrogens is 528 g/mol. The molecule has 2 aromatic heterocycles. The van der Waals surface area contributed by atoms with Crippen molar-refractivity contribution in [1.29, 1.82) is 0 Å². The molecule has 0 unspecified atom stereocenters. The van der Waals surface area contributed by atoms with E-state index < -0.39 is 5.97 Å². The Hall–Kier alpha value is -4.54. The van der Waals surface area contributed by atoms with E-state index in [1.54, 1.807) is 24.4 Å². The van der Waals surface area contributed by atoms with Crippen molar-refractivity contribution in [2.24, 2.45) is 0 Å². The van der Waals surface area contributed by atoms with Crippen molar-refractivity contribution in [3.63, 3.8) is 0 Å². The zero-order valence-corrected chi connectivity index (χ0v) is 23.0. The molecule has 40 heavy (non-hydrogen) atoms. The number of amides is 1. The van der Waals surface area contributed by atoms with Crippen LogP contribution in [-0.2, 0) is 14.3 Å². The van der Waals surface area contributed by atoms with Gasteiger partial charge < -0.3 is 29.4 Å². The number of aromatic nitrogens is 1. The van der Waals surface area contributed by atoms with Gasteiger partial charge in [0.15, 0.2) is 5.11 Å². The average molecular weight is 557 g/mol. The van der Waals surface area contributed by atoms with E-state index >= 15 is 0 Å². The number of aryl methyl sites for hydroxylation is 1. The molecule has 2 atom stereocenters. The molecule has 0 aliphatic carbocycles. The fourth-order valence-electron chi connectivity index (χ4n) is 4.76. The summed E-state index contributed by atoms with van der Waals surface area (Å²) >= 11 is 5.82. The third-order valence-corrected chi connectivity index (χ3v) is 6.94. The number of hydrogen-bond acceptors (Lipinski definition) is 7. The number of methoxy groups -OCH3 is 2. The zero-order chi connectivity index (χ0) is 28.2. The summed E-state index contributed by atoms with van der Waals surface area (Å²) in [5.74, 6) is 0.615. The molecule has 204 valence electrons. The second-order valence-electron chi connectivity index (χ2n) is 9.25. The lowest BCUT2D eigenvalue weighted by atomic mass is 10.0. The second-order valence-corrected chi connectivity index (χ2v) is 9.64. The van der Waals surface area contributed by atoms with E-state index in [9.17, 15) is 9.59 Å². The number of hydrogen-bond donors (Lipinski definition) is 2. The largest absolute Gasteiger partial charge is 0.465 e. The maximum atomic E-state index is 12.1. The highest BCUT2D eigenvalue weighted by Crippen LogP contribution is 2.43. The first-order valence-electron chi connectivity index (χ1n) is 12.6. The van der Waals surface area contributed by atoms with E-state index in [-0.39, 0.29) is 24.6 Å². The molecule has 1 aliphatic rings. The second kappa shape index (κ2) is 11.7. The van der Waals surface area contributed by atoms with Gasteiger partial charge >= 0.3 is 5.97 Å². The van der Waals surface area contributed by atoms with Gasteiger partial charge in [0.1, 0.15) is 24.2 Å². The molecule has 2 N–H and O–H groups in total. The quantitative estimate of drug-likeness (QED) is 0.224. The molecule has 1 aliphatic heterocycles. The van der Waals surface area contributed by atoms with Crippen LogP contribution in [0, 0.1) is 6.92 Å². The van der Waals surface area contributed by atoms with Crippen molar-refractivity contribution >= 4 is 40.6 Å². The highest BCUT2D eigenvalue weighted by molar-refractivity contribution is 7.80. The number of carbonyl (C=O) groups is 2. The molecule has 1 fully saturated rings. The van der Waals surface area contributed by atoms with Crippen molar-refractivity contribution in [3.8, 4) is 11.3 Å². The molecule has 0 spiro atoms. The van der Waals surface area contributed by atoms with E-state index in [4.69, 9.17) is 26.1 Å². The van der Waals surface area contributed by atoms with Crippen LogP contribution in [0.2, 0.25) is 0 Å². The van der Waals surface area contributed by atoms with Gasteiger partial charge in [0.25, 0.3) is 0 Å². The number of nitrogens with zero attached hydrogens (tertiary/aromatic N) is 2. The average Bonchev–Trinajstić information content (AvgIpc) is 3.59. The molecular formula is C30H28N4O5S. The van der Waals surface area contributed by atoms with Crippen molar-refractivity contribution in [2.75, 3.05) is 31.0 Å². The number of nitrogens with one attached hydrogen (secondary N) is 2. The minimum atomic E-state index is -0.419. The topological polar surface area (TPSA) is 106 Å². The van der Waals surface area contributed by atoms with Gasteiger partial charge in [-0.25, -0.2) is 4.79 Å². The van der Waals surface area contributed by atoms with Crippen LogP contribution in [0.3, 0.4) is 0 Å². The SMILES string of the molecule is COCC(=O)Nc1ccc(N2C(=S)N[C@H](c3ccccn3)[C@H]2c2ccc(-c3cccc(C(=O)OC)c3)o2)cc1C. The van der Waals surface area contributed by atoms with E-state index in [2.05, 4.69) is 15.6 Å². The first-order valence-corrected chi connectivity index (χ1v) is 13.0. The number of carbonyl (C=O) groups excluding carboxylic acids is 2. The number of benzene rings is 2. The lowest BCUT2D eigenvalue weighted by Gasteiger charge is -2.26. The van der Waals surface area contributed by atoms with E-state index in [0.717, 1.165) is 22.5 Å². The Morgan fingerprint density at radius 2 is 1.93 bits per heavy atom. The van der Waals surface area contributed by atoms with Gasteiger partial charge in [-0.05, 0) is 79.3 Å².